The standard InChI is InChI=1S/C18H25NO4/c1-19-14-7-13(8-15(19)11-23-10-14)18(20)6-12-4-16(21-2)9-17(5-12)22-3/h4-5,9,13-15H,6-8,10-11H2,1-3H3. The molecule has 2 fully saturated rings. The molecular formula is C18H25NO4. The fraction of sp³-hybridized carbons (Fsp3) is 0.611. The maximum absolute atomic E-state index is 12.8. The third kappa shape index (κ3) is 3.51. The molecule has 0 spiro atoms. The molecule has 1 aromatic carbocycles. The van der Waals surface area contributed by atoms with Crippen molar-refractivity contribution in [1.82, 2.24) is 4.90 Å². The van der Waals surface area contributed by atoms with Gasteiger partial charge in [0.2, 0.25) is 0 Å². The molecule has 0 N–H and O–H groups in total. The van der Waals surface area contributed by atoms with Gasteiger partial charge in [0.15, 0.2) is 0 Å². The zero-order valence-electron chi connectivity index (χ0n) is 14.1. The highest BCUT2D eigenvalue weighted by Crippen LogP contribution is 2.32. The number of nitrogens with zero attached hydrogens (tertiary/aromatic N) is 1. The van der Waals surface area contributed by atoms with E-state index in [1.807, 2.05) is 18.2 Å². The van der Waals surface area contributed by atoms with Crippen molar-refractivity contribution in [2.24, 2.45) is 5.92 Å². The minimum Gasteiger partial charge on any atom is -0.497 e. The summed E-state index contributed by atoms with van der Waals surface area (Å²) in [7, 11) is 5.39. The molecule has 126 valence electrons. The highest BCUT2D eigenvalue weighted by Gasteiger charge is 2.39. The molecule has 2 aliphatic rings. The van der Waals surface area contributed by atoms with Crippen molar-refractivity contribution in [3.8, 4) is 11.5 Å². The van der Waals surface area contributed by atoms with E-state index in [0.717, 1.165) is 43.1 Å². The molecule has 0 aliphatic carbocycles. The van der Waals surface area contributed by atoms with Gasteiger partial charge in [0, 0.05) is 30.5 Å². The summed E-state index contributed by atoms with van der Waals surface area (Å²) in [6.45, 7) is 1.48. The number of benzene rings is 1. The van der Waals surface area contributed by atoms with Gasteiger partial charge < -0.3 is 14.2 Å². The molecule has 2 unspecified atom stereocenters. The minimum atomic E-state index is 0.127. The highest BCUT2D eigenvalue weighted by atomic mass is 16.5. The maximum atomic E-state index is 12.8. The van der Waals surface area contributed by atoms with Gasteiger partial charge in [0.05, 0.1) is 27.4 Å². The van der Waals surface area contributed by atoms with E-state index in [-0.39, 0.29) is 5.92 Å². The van der Waals surface area contributed by atoms with Gasteiger partial charge in [0.25, 0.3) is 0 Å². The molecule has 2 atom stereocenters. The number of morpholine rings is 1. The molecule has 0 aromatic heterocycles. The highest BCUT2D eigenvalue weighted by molar-refractivity contribution is 5.83. The van der Waals surface area contributed by atoms with Gasteiger partial charge in [-0.15, -0.1) is 0 Å². The van der Waals surface area contributed by atoms with Crippen LogP contribution < -0.4 is 9.47 Å². The predicted octanol–water partition coefficient (Wildman–Crippen LogP) is 1.92. The molecule has 2 aliphatic heterocycles. The second-order valence-corrected chi connectivity index (χ2v) is 6.54. The molecule has 5 heteroatoms. The van der Waals surface area contributed by atoms with Crippen molar-refractivity contribution in [3.05, 3.63) is 23.8 Å². The molecule has 3 rings (SSSR count). The Balaban J connectivity index is 1.70. The fourth-order valence-electron chi connectivity index (χ4n) is 3.67. The monoisotopic (exact) mass is 319 g/mol. The molecule has 1 aromatic rings. The normalized spacial score (nSPS) is 27.5. The Bertz CT molecular complexity index is 538. The van der Waals surface area contributed by atoms with Gasteiger partial charge in [-0.05, 0) is 37.6 Å². The van der Waals surface area contributed by atoms with Crippen LogP contribution in [0.1, 0.15) is 18.4 Å². The zero-order valence-corrected chi connectivity index (χ0v) is 14.1. The average Bonchev–Trinajstić information content (AvgIpc) is 2.54. The number of Topliss-reactive ketones (excluding diaryl/α,β-unsaturated/α-hetero) is 1. The number of methoxy groups -OCH3 is 2. The second-order valence-electron chi connectivity index (χ2n) is 6.54. The first-order valence-corrected chi connectivity index (χ1v) is 8.15. The lowest BCUT2D eigenvalue weighted by molar-refractivity contribution is -0.130. The number of carbonyl (C=O) groups excluding carboxylic acids is 1. The van der Waals surface area contributed by atoms with E-state index in [0.29, 0.717) is 24.3 Å². The molecule has 23 heavy (non-hydrogen) atoms. The number of ether oxygens (including phenoxy) is 3. The summed E-state index contributed by atoms with van der Waals surface area (Å²) in [5.41, 5.74) is 0.950. The van der Waals surface area contributed by atoms with Gasteiger partial charge in [-0.25, -0.2) is 0 Å². The third-order valence-corrected chi connectivity index (χ3v) is 5.13. The number of rotatable bonds is 5. The van der Waals surface area contributed by atoms with Gasteiger partial charge >= 0.3 is 0 Å². The molecule has 0 saturated carbocycles. The average molecular weight is 319 g/mol. The quantitative estimate of drug-likeness (QED) is 0.830. The Morgan fingerprint density at radius 3 is 2.22 bits per heavy atom. The first-order valence-electron chi connectivity index (χ1n) is 8.15. The van der Waals surface area contributed by atoms with Crippen LogP contribution in [0.15, 0.2) is 18.2 Å². The summed E-state index contributed by atoms with van der Waals surface area (Å²) in [6.07, 6.45) is 2.22. The van der Waals surface area contributed by atoms with Gasteiger partial charge in [-0.3, -0.25) is 9.69 Å². The Labute approximate surface area is 137 Å². The minimum absolute atomic E-state index is 0.127. The lowest BCUT2D eigenvalue weighted by Gasteiger charge is -2.46. The van der Waals surface area contributed by atoms with Crippen molar-refractivity contribution in [1.29, 1.82) is 0 Å². The number of ketones is 1. The van der Waals surface area contributed by atoms with Crippen LogP contribution in [0.25, 0.3) is 0 Å². The van der Waals surface area contributed by atoms with Crippen molar-refractivity contribution in [3.63, 3.8) is 0 Å². The Kier molecular flexibility index (Phi) is 4.87. The van der Waals surface area contributed by atoms with Crippen LogP contribution in [-0.4, -0.2) is 57.2 Å². The number of fused-ring (bicyclic) bond motifs is 2. The van der Waals surface area contributed by atoms with Crippen molar-refractivity contribution >= 4 is 5.78 Å². The van der Waals surface area contributed by atoms with E-state index in [2.05, 4.69) is 11.9 Å². The van der Waals surface area contributed by atoms with Crippen LogP contribution in [0.4, 0.5) is 0 Å². The smallest absolute Gasteiger partial charge is 0.140 e. The number of piperidine rings is 1. The van der Waals surface area contributed by atoms with Gasteiger partial charge in [0.1, 0.15) is 17.3 Å². The topological polar surface area (TPSA) is 48.0 Å². The number of hydrogen-bond acceptors (Lipinski definition) is 5. The molecule has 0 radical (unpaired) electrons. The fourth-order valence-corrected chi connectivity index (χ4v) is 3.67. The number of carbonyl (C=O) groups is 1. The zero-order chi connectivity index (χ0) is 16.4. The number of likely N-dealkylation sites (N-methyl/N-ethyl adjacent to an activating group) is 1. The molecule has 2 bridgehead atoms. The van der Waals surface area contributed by atoms with Gasteiger partial charge in [-0.2, -0.15) is 0 Å². The summed E-state index contributed by atoms with van der Waals surface area (Å²) < 4.78 is 16.2. The number of hydrogen-bond donors (Lipinski definition) is 0. The van der Waals surface area contributed by atoms with E-state index >= 15 is 0 Å². The molecule has 2 heterocycles. The molecular weight excluding hydrogens is 294 g/mol. The van der Waals surface area contributed by atoms with Crippen molar-refractivity contribution < 1.29 is 19.0 Å². The first-order chi connectivity index (χ1) is 11.1. The molecule has 0 amide bonds. The van der Waals surface area contributed by atoms with Crippen molar-refractivity contribution in [2.45, 2.75) is 31.3 Å². The summed E-state index contributed by atoms with van der Waals surface area (Å²) in [5, 5.41) is 0. The SMILES string of the molecule is COc1cc(CC(=O)C2CC3COCC(C2)N3C)cc(OC)c1. The van der Waals surface area contributed by atoms with E-state index < -0.39 is 0 Å². The molecule has 5 nitrogen and oxygen atoms in total. The third-order valence-electron chi connectivity index (χ3n) is 5.13. The van der Waals surface area contributed by atoms with Crippen LogP contribution in [0, 0.1) is 5.92 Å². The van der Waals surface area contributed by atoms with E-state index in [9.17, 15) is 4.79 Å². The summed E-state index contributed by atoms with van der Waals surface area (Å²) >= 11 is 0. The van der Waals surface area contributed by atoms with Gasteiger partial charge in [-0.1, -0.05) is 0 Å². The summed E-state index contributed by atoms with van der Waals surface area (Å²) in [6, 6.07) is 6.40. The Morgan fingerprint density at radius 2 is 1.70 bits per heavy atom. The van der Waals surface area contributed by atoms with E-state index in [4.69, 9.17) is 14.2 Å². The van der Waals surface area contributed by atoms with Crippen LogP contribution in [0.2, 0.25) is 0 Å². The largest absolute Gasteiger partial charge is 0.497 e. The van der Waals surface area contributed by atoms with Crippen molar-refractivity contribution in [2.75, 3.05) is 34.5 Å². The summed E-state index contributed by atoms with van der Waals surface area (Å²) in [5.74, 6) is 1.88. The lowest BCUT2D eigenvalue weighted by Crippen LogP contribution is -2.55. The summed E-state index contributed by atoms with van der Waals surface area (Å²) in [4.78, 5) is 15.1. The Morgan fingerprint density at radius 1 is 1.13 bits per heavy atom. The Hall–Kier alpha value is -1.59. The van der Waals surface area contributed by atoms with E-state index in [1.165, 1.54) is 0 Å². The van der Waals surface area contributed by atoms with Crippen LogP contribution >= 0.6 is 0 Å². The maximum Gasteiger partial charge on any atom is 0.140 e. The lowest BCUT2D eigenvalue weighted by atomic mass is 9.81. The second kappa shape index (κ2) is 6.89. The molecule has 2 saturated heterocycles. The van der Waals surface area contributed by atoms with Crippen LogP contribution in [-0.2, 0) is 16.0 Å². The van der Waals surface area contributed by atoms with Crippen LogP contribution in [0.5, 0.6) is 11.5 Å². The van der Waals surface area contributed by atoms with E-state index in [1.54, 1.807) is 14.2 Å². The first kappa shape index (κ1) is 16.3. The van der Waals surface area contributed by atoms with Crippen LogP contribution in [0.3, 0.4) is 0 Å². The predicted molar refractivity (Wildman–Crippen MR) is 87.1 cm³/mol.